The first kappa shape index (κ1) is 11.4. The summed E-state index contributed by atoms with van der Waals surface area (Å²) in [7, 11) is 0. The lowest BCUT2D eigenvalue weighted by molar-refractivity contribution is 0.960. The lowest BCUT2D eigenvalue weighted by Crippen LogP contribution is -1.98. The van der Waals surface area contributed by atoms with Gasteiger partial charge in [0.1, 0.15) is 0 Å². The summed E-state index contributed by atoms with van der Waals surface area (Å²) in [5.74, 6) is 0. The van der Waals surface area contributed by atoms with Crippen molar-refractivity contribution in [3.8, 4) is 0 Å². The summed E-state index contributed by atoms with van der Waals surface area (Å²) in [6.45, 7) is 0.479. The van der Waals surface area contributed by atoms with Crippen LogP contribution in [0.3, 0.4) is 0 Å². The van der Waals surface area contributed by atoms with Crippen LogP contribution in [0.1, 0.15) is 5.56 Å². The van der Waals surface area contributed by atoms with Crippen molar-refractivity contribution in [1.29, 1.82) is 0 Å². The minimum atomic E-state index is 0.479. The number of benzene rings is 1. The minimum absolute atomic E-state index is 0.479. The Balaban J connectivity index is 2.30. The van der Waals surface area contributed by atoms with E-state index in [9.17, 15) is 0 Å². The average Bonchev–Trinajstić information content (AvgIpc) is 2.31. The zero-order chi connectivity index (χ0) is 11.4. The van der Waals surface area contributed by atoms with Gasteiger partial charge in [-0.3, -0.25) is 0 Å². The molecule has 0 unspecified atom stereocenters. The van der Waals surface area contributed by atoms with Crippen LogP contribution in [0.2, 0.25) is 5.02 Å². The number of rotatable bonds is 3. The van der Waals surface area contributed by atoms with E-state index in [0.29, 0.717) is 16.7 Å². The molecule has 0 saturated carbocycles. The van der Waals surface area contributed by atoms with Crippen molar-refractivity contribution in [2.75, 3.05) is 0 Å². The lowest BCUT2D eigenvalue weighted by atomic mass is 10.2. The summed E-state index contributed by atoms with van der Waals surface area (Å²) < 4.78 is 0. The van der Waals surface area contributed by atoms with E-state index in [-0.39, 0.29) is 0 Å². The van der Waals surface area contributed by atoms with Crippen molar-refractivity contribution in [3.63, 3.8) is 0 Å². The van der Waals surface area contributed by atoms with E-state index < -0.39 is 0 Å². The van der Waals surface area contributed by atoms with Gasteiger partial charge in [-0.05, 0) is 35.5 Å². The van der Waals surface area contributed by atoms with Crippen molar-refractivity contribution in [3.05, 3.63) is 47.2 Å². The van der Waals surface area contributed by atoms with E-state index in [4.69, 9.17) is 17.3 Å². The molecule has 1 aromatic heterocycles. The predicted molar refractivity (Wildman–Crippen MR) is 65.5 cm³/mol. The van der Waals surface area contributed by atoms with Crippen LogP contribution in [0, 0.1) is 0 Å². The van der Waals surface area contributed by atoms with Crippen LogP contribution >= 0.6 is 23.4 Å². The van der Waals surface area contributed by atoms with Gasteiger partial charge in [0.05, 0.1) is 0 Å². The van der Waals surface area contributed by atoms with Crippen LogP contribution in [0.4, 0.5) is 0 Å². The van der Waals surface area contributed by atoms with E-state index in [0.717, 1.165) is 10.5 Å². The molecular formula is C11H10ClN3S. The van der Waals surface area contributed by atoms with Crippen LogP contribution < -0.4 is 5.73 Å². The Kier molecular flexibility index (Phi) is 3.77. The van der Waals surface area contributed by atoms with Crippen molar-refractivity contribution in [2.24, 2.45) is 5.73 Å². The Morgan fingerprint density at radius 3 is 2.69 bits per heavy atom. The quantitative estimate of drug-likeness (QED) is 0.853. The molecule has 0 bridgehead atoms. The molecule has 5 heteroatoms. The molecular weight excluding hydrogens is 242 g/mol. The number of aromatic nitrogens is 2. The van der Waals surface area contributed by atoms with E-state index >= 15 is 0 Å². The summed E-state index contributed by atoms with van der Waals surface area (Å²) in [4.78, 5) is 9.30. The van der Waals surface area contributed by atoms with Crippen molar-refractivity contribution < 1.29 is 0 Å². The van der Waals surface area contributed by atoms with Gasteiger partial charge in [-0.2, -0.15) is 0 Å². The molecule has 0 radical (unpaired) electrons. The van der Waals surface area contributed by atoms with Crippen LogP contribution in [0.25, 0.3) is 0 Å². The van der Waals surface area contributed by atoms with Crippen LogP contribution in [0.15, 0.2) is 46.7 Å². The summed E-state index contributed by atoms with van der Waals surface area (Å²) in [6.07, 6.45) is 3.42. The van der Waals surface area contributed by atoms with Gasteiger partial charge >= 0.3 is 0 Å². The van der Waals surface area contributed by atoms with Crippen LogP contribution in [-0.4, -0.2) is 9.97 Å². The fraction of sp³-hybridized carbons (Fsp3) is 0.0909. The van der Waals surface area contributed by atoms with Gasteiger partial charge in [0, 0.05) is 28.9 Å². The maximum absolute atomic E-state index is 5.95. The maximum Gasteiger partial charge on any atom is 0.192 e. The number of nitrogens with two attached hydrogens (primary N) is 1. The number of hydrogen-bond acceptors (Lipinski definition) is 4. The van der Waals surface area contributed by atoms with Gasteiger partial charge in [0.2, 0.25) is 0 Å². The molecule has 82 valence electrons. The highest BCUT2D eigenvalue weighted by Crippen LogP contribution is 2.29. The Morgan fingerprint density at radius 2 is 2.00 bits per heavy atom. The minimum Gasteiger partial charge on any atom is -0.326 e. The molecule has 2 rings (SSSR count). The summed E-state index contributed by atoms with van der Waals surface area (Å²) in [6, 6.07) is 7.42. The molecule has 1 aromatic carbocycles. The van der Waals surface area contributed by atoms with Gasteiger partial charge < -0.3 is 5.73 Å². The summed E-state index contributed by atoms with van der Waals surface area (Å²) in [5.41, 5.74) is 6.70. The molecule has 2 N–H and O–H groups in total. The molecule has 0 saturated heterocycles. The third kappa shape index (κ3) is 2.72. The summed E-state index contributed by atoms with van der Waals surface area (Å²) >= 11 is 7.41. The number of halogens is 1. The van der Waals surface area contributed by atoms with Gasteiger partial charge in [-0.25, -0.2) is 9.97 Å². The third-order valence-electron chi connectivity index (χ3n) is 1.99. The predicted octanol–water partition coefficient (Wildman–Crippen LogP) is 2.74. The fourth-order valence-electron chi connectivity index (χ4n) is 1.23. The van der Waals surface area contributed by atoms with Crippen molar-refractivity contribution >= 4 is 23.4 Å². The molecule has 0 aliphatic carbocycles. The average molecular weight is 252 g/mol. The zero-order valence-electron chi connectivity index (χ0n) is 8.43. The topological polar surface area (TPSA) is 51.8 Å². The third-order valence-corrected chi connectivity index (χ3v) is 3.22. The molecule has 0 aliphatic rings. The Labute approximate surface area is 103 Å². The van der Waals surface area contributed by atoms with Gasteiger partial charge in [-0.1, -0.05) is 17.7 Å². The molecule has 0 fully saturated rings. The molecule has 0 spiro atoms. The monoisotopic (exact) mass is 251 g/mol. The second-order valence-corrected chi connectivity index (χ2v) is 4.54. The fourth-order valence-corrected chi connectivity index (χ4v) is 2.36. The maximum atomic E-state index is 5.95. The van der Waals surface area contributed by atoms with Crippen molar-refractivity contribution in [2.45, 2.75) is 16.6 Å². The van der Waals surface area contributed by atoms with Crippen molar-refractivity contribution in [1.82, 2.24) is 9.97 Å². The lowest BCUT2D eigenvalue weighted by Gasteiger charge is -2.06. The summed E-state index contributed by atoms with van der Waals surface area (Å²) in [5, 5.41) is 1.38. The second kappa shape index (κ2) is 5.30. The van der Waals surface area contributed by atoms with Gasteiger partial charge in [0.25, 0.3) is 0 Å². The first-order valence-corrected chi connectivity index (χ1v) is 5.92. The van der Waals surface area contributed by atoms with E-state index in [2.05, 4.69) is 9.97 Å². The Morgan fingerprint density at radius 1 is 1.25 bits per heavy atom. The van der Waals surface area contributed by atoms with E-state index in [1.807, 2.05) is 18.2 Å². The zero-order valence-corrected chi connectivity index (χ0v) is 10.0. The SMILES string of the molecule is NCc1ccc(Cl)cc1Sc1ncccn1. The highest BCUT2D eigenvalue weighted by Gasteiger charge is 2.05. The largest absolute Gasteiger partial charge is 0.326 e. The van der Waals surface area contributed by atoms with Gasteiger partial charge in [0.15, 0.2) is 5.16 Å². The number of hydrogen-bond donors (Lipinski definition) is 1. The van der Waals surface area contributed by atoms with Gasteiger partial charge in [-0.15, -0.1) is 0 Å². The highest BCUT2D eigenvalue weighted by atomic mass is 35.5. The smallest absolute Gasteiger partial charge is 0.192 e. The molecule has 1 heterocycles. The van der Waals surface area contributed by atoms with E-state index in [1.165, 1.54) is 11.8 Å². The van der Waals surface area contributed by atoms with E-state index in [1.54, 1.807) is 18.5 Å². The second-order valence-electron chi connectivity index (χ2n) is 3.09. The van der Waals surface area contributed by atoms with Crippen LogP contribution in [-0.2, 0) is 6.54 Å². The normalized spacial score (nSPS) is 10.4. The first-order valence-electron chi connectivity index (χ1n) is 4.73. The highest BCUT2D eigenvalue weighted by molar-refractivity contribution is 7.99. The number of nitrogens with zero attached hydrogens (tertiary/aromatic N) is 2. The molecule has 0 aliphatic heterocycles. The Bertz CT molecular complexity index is 476. The Hall–Kier alpha value is -1.10. The first-order chi connectivity index (χ1) is 7.79. The molecule has 16 heavy (non-hydrogen) atoms. The molecule has 0 amide bonds. The molecule has 2 aromatic rings. The molecule has 0 atom stereocenters. The van der Waals surface area contributed by atoms with Crippen LogP contribution in [0.5, 0.6) is 0 Å². The standard InChI is InChI=1S/C11H10ClN3S/c12-9-3-2-8(7-13)10(6-9)16-11-14-4-1-5-15-11/h1-6H,7,13H2. The molecule has 3 nitrogen and oxygen atoms in total.